The van der Waals surface area contributed by atoms with Crippen LogP contribution >= 0.6 is 11.6 Å². The molecule has 0 spiro atoms. The molecule has 0 aromatic heterocycles. The summed E-state index contributed by atoms with van der Waals surface area (Å²) in [5, 5.41) is 12.8. The summed E-state index contributed by atoms with van der Waals surface area (Å²) in [6.07, 6.45) is 1.43. The standard InChI is InChI=1S/C12H14ClNO3/c13-9-1-2-11(15)10(7-9)14-12(16)8-3-5-17-6-4-8/h1-2,7-8,15H,3-6H2,(H,14,16). The predicted molar refractivity (Wildman–Crippen MR) is 65.3 cm³/mol. The van der Waals surface area contributed by atoms with Gasteiger partial charge in [-0.1, -0.05) is 11.6 Å². The Kier molecular flexibility index (Phi) is 3.86. The Labute approximate surface area is 105 Å². The molecule has 4 nitrogen and oxygen atoms in total. The van der Waals surface area contributed by atoms with Crippen LogP contribution in [0.3, 0.4) is 0 Å². The van der Waals surface area contributed by atoms with Crippen molar-refractivity contribution in [3.63, 3.8) is 0 Å². The SMILES string of the molecule is O=C(Nc1cc(Cl)ccc1O)C1CCOCC1. The average Bonchev–Trinajstić information content (AvgIpc) is 2.35. The summed E-state index contributed by atoms with van der Waals surface area (Å²) in [5.74, 6) is -0.122. The van der Waals surface area contributed by atoms with Gasteiger partial charge in [0.15, 0.2) is 0 Å². The van der Waals surface area contributed by atoms with Crippen LogP contribution in [0.25, 0.3) is 0 Å². The van der Waals surface area contributed by atoms with Crippen LogP contribution in [-0.2, 0) is 9.53 Å². The first-order valence-electron chi connectivity index (χ1n) is 5.54. The lowest BCUT2D eigenvalue weighted by Crippen LogP contribution is -2.28. The van der Waals surface area contributed by atoms with E-state index in [9.17, 15) is 9.90 Å². The van der Waals surface area contributed by atoms with E-state index >= 15 is 0 Å². The number of carbonyl (C=O) groups is 1. The third-order valence-electron chi connectivity index (χ3n) is 2.81. The first kappa shape index (κ1) is 12.2. The predicted octanol–water partition coefficient (Wildman–Crippen LogP) is 2.41. The lowest BCUT2D eigenvalue weighted by Gasteiger charge is -2.21. The summed E-state index contributed by atoms with van der Waals surface area (Å²) in [5.41, 5.74) is 0.356. The van der Waals surface area contributed by atoms with Crippen LogP contribution in [0.4, 0.5) is 5.69 Å². The van der Waals surface area contributed by atoms with Crippen molar-refractivity contribution in [2.75, 3.05) is 18.5 Å². The number of nitrogens with one attached hydrogen (secondary N) is 1. The van der Waals surface area contributed by atoms with Gasteiger partial charge in [0, 0.05) is 24.2 Å². The summed E-state index contributed by atoms with van der Waals surface area (Å²) in [6.45, 7) is 1.22. The molecule has 5 heteroatoms. The fourth-order valence-electron chi connectivity index (χ4n) is 1.80. The van der Waals surface area contributed by atoms with Crippen molar-refractivity contribution in [3.8, 4) is 5.75 Å². The number of rotatable bonds is 2. The normalized spacial score (nSPS) is 16.8. The maximum Gasteiger partial charge on any atom is 0.227 e. The van der Waals surface area contributed by atoms with Crippen molar-refractivity contribution >= 4 is 23.2 Å². The monoisotopic (exact) mass is 255 g/mol. The molecule has 0 radical (unpaired) electrons. The van der Waals surface area contributed by atoms with E-state index < -0.39 is 0 Å². The van der Waals surface area contributed by atoms with Crippen molar-refractivity contribution in [1.29, 1.82) is 0 Å². The van der Waals surface area contributed by atoms with Crippen LogP contribution in [0.5, 0.6) is 5.75 Å². The van der Waals surface area contributed by atoms with Gasteiger partial charge < -0.3 is 15.2 Å². The van der Waals surface area contributed by atoms with Gasteiger partial charge in [0.1, 0.15) is 5.75 Å². The minimum atomic E-state index is -0.0918. The van der Waals surface area contributed by atoms with Gasteiger partial charge in [0.25, 0.3) is 0 Å². The molecule has 0 unspecified atom stereocenters. The minimum absolute atomic E-state index is 0.0230. The van der Waals surface area contributed by atoms with Crippen molar-refractivity contribution in [2.24, 2.45) is 5.92 Å². The molecule has 1 saturated heterocycles. The molecule has 2 N–H and O–H groups in total. The number of hydrogen-bond acceptors (Lipinski definition) is 3. The summed E-state index contributed by atoms with van der Waals surface area (Å²) in [4.78, 5) is 11.9. The van der Waals surface area contributed by atoms with E-state index in [1.165, 1.54) is 12.1 Å². The molecular formula is C12H14ClNO3. The molecule has 0 atom stereocenters. The molecular weight excluding hydrogens is 242 g/mol. The van der Waals surface area contributed by atoms with E-state index in [0.29, 0.717) is 36.8 Å². The Morgan fingerprint density at radius 2 is 2.12 bits per heavy atom. The highest BCUT2D eigenvalue weighted by Crippen LogP contribution is 2.27. The molecule has 1 amide bonds. The smallest absolute Gasteiger partial charge is 0.227 e. The topological polar surface area (TPSA) is 58.6 Å². The van der Waals surface area contributed by atoms with Crippen molar-refractivity contribution in [3.05, 3.63) is 23.2 Å². The number of benzene rings is 1. The van der Waals surface area contributed by atoms with Gasteiger partial charge in [-0.25, -0.2) is 0 Å². The molecule has 1 heterocycles. The Morgan fingerprint density at radius 3 is 2.82 bits per heavy atom. The highest BCUT2D eigenvalue weighted by Gasteiger charge is 2.22. The number of hydrogen-bond donors (Lipinski definition) is 2. The van der Waals surface area contributed by atoms with Crippen LogP contribution in [0.1, 0.15) is 12.8 Å². The van der Waals surface area contributed by atoms with Gasteiger partial charge in [-0.15, -0.1) is 0 Å². The highest BCUT2D eigenvalue weighted by molar-refractivity contribution is 6.31. The second-order valence-electron chi connectivity index (χ2n) is 4.04. The minimum Gasteiger partial charge on any atom is -0.506 e. The number of phenols is 1. The summed E-state index contributed by atoms with van der Waals surface area (Å²) in [6, 6.07) is 4.57. The maximum atomic E-state index is 11.9. The van der Waals surface area contributed by atoms with E-state index in [2.05, 4.69) is 5.32 Å². The first-order chi connectivity index (χ1) is 8.16. The summed E-state index contributed by atoms with van der Waals surface area (Å²) >= 11 is 5.80. The molecule has 1 aliphatic heterocycles. The molecule has 92 valence electrons. The second-order valence-corrected chi connectivity index (χ2v) is 4.47. The number of amides is 1. The molecule has 1 fully saturated rings. The van der Waals surface area contributed by atoms with Crippen LogP contribution in [0.15, 0.2) is 18.2 Å². The van der Waals surface area contributed by atoms with E-state index in [0.717, 1.165) is 0 Å². The van der Waals surface area contributed by atoms with Gasteiger partial charge in [-0.3, -0.25) is 4.79 Å². The number of halogens is 1. The Hall–Kier alpha value is -1.26. The average molecular weight is 256 g/mol. The number of aromatic hydroxyl groups is 1. The van der Waals surface area contributed by atoms with Crippen molar-refractivity contribution in [2.45, 2.75) is 12.8 Å². The zero-order valence-corrected chi connectivity index (χ0v) is 10.0. The molecule has 0 bridgehead atoms. The van der Waals surface area contributed by atoms with Crippen LogP contribution in [-0.4, -0.2) is 24.2 Å². The zero-order valence-electron chi connectivity index (χ0n) is 9.28. The van der Waals surface area contributed by atoms with Crippen molar-refractivity contribution in [1.82, 2.24) is 0 Å². The fourth-order valence-corrected chi connectivity index (χ4v) is 1.98. The first-order valence-corrected chi connectivity index (χ1v) is 5.92. The quantitative estimate of drug-likeness (QED) is 0.798. The number of carbonyl (C=O) groups excluding carboxylic acids is 1. The Balaban J connectivity index is 2.04. The lowest BCUT2D eigenvalue weighted by atomic mass is 9.99. The largest absolute Gasteiger partial charge is 0.506 e. The molecule has 17 heavy (non-hydrogen) atoms. The van der Waals surface area contributed by atoms with Gasteiger partial charge in [0.2, 0.25) is 5.91 Å². The second kappa shape index (κ2) is 5.38. The van der Waals surface area contributed by atoms with Gasteiger partial charge in [-0.05, 0) is 31.0 Å². The molecule has 0 saturated carbocycles. The lowest BCUT2D eigenvalue weighted by molar-refractivity contribution is -0.122. The Bertz CT molecular complexity index is 416. The fraction of sp³-hybridized carbons (Fsp3) is 0.417. The van der Waals surface area contributed by atoms with Crippen LogP contribution < -0.4 is 5.32 Å². The third kappa shape index (κ3) is 3.11. The van der Waals surface area contributed by atoms with E-state index in [-0.39, 0.29) is 17.6 Å². The Morgan fingerprint density at radius 1 is 1.41 bits per heavy atom. The molecule has 2 rings (SSSR count). The summed E-state index contributed by atoms with van der Waals surface area (Å²) < 4.78 is 5.19. The van der Waals surface area contributed by atoms with E-state index in [4.69, 9.17) is 16.3 Å². The molecule has 1 aromatic rings. The van der Waals surface area contributed by atoms with E-state index in [1.54, 1.807) is 6.07 Å². The van der Waals surface area contributed by atoms with Gasteiger partial charge >= 0.3 is 0 Å². The number of phenolic OH excluding ortho intramolecular Hbond substituents is 1. The van der Waals surface area contributed by atoms with Crippen LogP contribution in [0, 0.1) is 5.92 Å². The highest BCUT2D eigenvalue weighted by atomic mass is 35.5. The zero-order chi connectivity index (χ0) is 12.3. The third-order valence-corrected chi connectivity index (χ3v) is 3.04. The van der Waals surface area contributed by atoms with Crippen molar-refractivity contribution < 1.29 is 14.6 Å². The van der Waals surface area contributed by atoms with E-state index in [1.807, 2.05) is 0 Å². The van der Waals surface area contributed by atoms with Crippen LogP contribution in [0.2, 0.25) is 5.02 Å². The number of ether oxygens (including phenoxy) is 1. The molecule has 0 aliphatic carbocycles. The molecule has 1 aromatic carbocycles. The summed E-state index contributed by atoms with van der Waals surface area (Å²) in [7, 11) is 0. The maximum absolute atomic E-state index is 11.9. The van der Waals surface area contributed by atoms with Gasteiger partial charge in [-0.2, -0.15) is 0 Å². The number of anilines is 1. The molecule has 1 aliphatic rings. The van der Waals surface area contributed by atoms with Gasteiger partial charge in [0.05, 0.1) is 5.69 Å².